The van der Waals surface area contributed by atoms with Crippen LogP contribution in [0.2, 0.25) is 0 Å². The highest BCUT2D eigenvalue weighted by molar-refractivity contribution is 5.97. The van der Waals surface area contributed by atoms with Crippen molar-refractivity contribution in [1.82, 2.24) is 14.9 Å². The molecule has 5 nitrogen and oxygen atoms in total. The van der Waals surface area contributed by atoms with Crippen LogP contribution >= 0.6 is 0 Å². The van der Waals surface area contributed by atoms with E-state index >= 15 is 0 Å². The number of allylic oxidation sites excluding steroid dienone is 2. The Kier molecular flexibility index (Phi) is 6.36. The fourth-order valence-electron chi connectivity index (χ4n) is 1.96. The molecule has 0 unspecified atom stereocenters. The molecule has 23 heavy (non-hydrogen) atoms. The summed E-state index contributed by atoms with van der Waals surface area (Å²) in [7, 11) is 0. The monoisotopic (exact) mass is 306 g/mol. The highest BCUT2D eigenvalue weighted by Crippen LogP contribution is 2.02. The van der Waals surface area contributed by atoms with Crippen molar-refractivity contribution in [3.63, 3.8) is 0 Å². The summed E-state index contributed by atoms with van der Waals surface area (Å²) >= 11 is 0. The summed E-state index contributed by atoms with van der Waals surface area (Å²) in [5.74, 6) is -0.351. The van der Waals surface area contributed by atoms with Crippen molar-refractivity contribution >= 4 is 12.0 Å². The van der Waals surface area contributed by atoms with Crippen LogP contribution in [0, 0.1) is 11.3 Å². The first-order valence-corrected chi connectivity index (χ1v) is 7.37. The number of hydrogen-bond acceptors (Lipinski definition) is 3. The smallest absolute Gasteiger partial charge is 0.261 e. The van der Waals surface area contributed by atoms with E-state index < -0.39 is 0 Å². The van der Waals surface area contributed by atoms with E-state index in [-0.39, 0.29) is 11.5 Å². The third-order valence-corrected chi connectivity index (χ3v) is 3.15. The first-order valence-electron chi connectivity index (χ1n) is 7.37. The largest absolute Gasteiger partial charge is 0.351 e. The molecule has 1 N–H and O–H groups in total. The van der Waals surface area contributed by atoms with Crippen LogP contribution in [-0.4, -0.2) is 22.0 Å². The molecule has 0 saturated carbocycles. The first kappa shape index (κ1) is 16.2. The molecule has 1 heterocycles. The zero-order valence-corrected chi connectivity index (χ0v) is 12.7. The Morgan fingerprint density at radius 1 is 1.35 bits per heavy atom. The highest BCUT2D eigenvalue weighted by Gasteiger charge is 2.06. The second kappa shape index (κ2) is 9.00. The van der Waals surface area contributed by atoms with Gasteiger partial charge >= 0.3 is 0 Å². The number of aryl methyl sites for hydroxylation is 1. The number of nitrogens with one attached hydrogen (secondary N) is 1. The maximum atomic E-state index is 11.9. The lowest BCUT2D eigenvalue weighted by Crippen LogP contribution is -2.26. The number of nitrogens with zero attached hydrogens (tertiary/aromatic N) is 3. The minimum atomic E-state index is -0.351. The van der Waals surface area contributed by atoms with Crippen molar-refractivity contribution in [3.8, 4) is 6.07 Å². The number of amides is 1. The molecule has 116 valence electrons. The van der Waals surface area contributed by atoms with E-state index in [1.54, 1.807) is 18.6 Å². The van der Waals surface area contributed by atoms with Gasteiger partial charge in [0.1, 0.15) is 11.6 Å². The Bertz CT molecular complexity index is 709. The molecule has 0 bridgehead atoms. The molecule has 0 radical (unpaired) electrons. The van der Waals surface area contributed by atoms with Gasteiger partial charge in [-0.15, -0.1) is 0 Å². The maximum absolute atomic E-state index is 11.9. The van der Waals surface area contributed by atoms with E-state index in [0.717, 1.165) is 18.5 Å². The number of hydrogen-bond donors (Lipinski definition) is 1. The zero-order chi connectivity index (χ0) is 16.3. The number of nitriles is 1. The van der Waals surface area contributed by atoms with Gasteiger partial charge in [0, 0.05) is 25.5 Å². The topological polar surface area (TPSA) is 70.7 Å². The fraction of sp³-hybridized carbons (Fsp3) is 0.167. The SMILES string of the molecule is N#CC(=CC=Cc1ccccc1)C(=O)NCCCn1ccnc1. The van der Waals surface area contributed by atoms with Crippen LogP contribution in [0.1, 0.15) is 12.0 Å². The number of carbonyl (C=O) groups is 1. The second-order valence-electron chi connectivity index (χ2n) is 4.87. The Morgan fingerprint density at radius 2 is 2.17 bits per heavy atom. The van der Waals surface area contributed by atoms with E-state index in [4.69, 9.17) is 5.26 Å². The van der Waals surface area contributed by atoms with Crippen LogP contribution in [0.3, 0.4) is 0 Å². The minimum Gasteiger partial charge on any atom is -0.351 e. The molecule has 0 aliphatic rings. The highest BCUT2D eigenvalue weighted by atomic mass is 16.1. The van der Waals surface area contributed by atoms with Crippen LogP contribution in [0.15, 0.2) is 66.8 Å². The lowest BCUT2D eigenvalue weighted by Gasteiger charge is -2.04. The lowest BCUT2D eigenvalue weighted by molar-refractivity contribution is -0.117. The number of aromatic nitrogens is 2. The maximum Gasteiger partial charge on any atom is 0.261 e. The van der Waals surface area contributed by atoms with Gasteiger partial charge in [0.2, 0.25) is 0 Å². The van der Waals surface area contributed by atoms with Crippen molar-refractivity contribution in [2.45, 2.75) is 13.0 Å². The molecule has 0 aliphatic heterocycles. The van der Waals surface area contributed by atoms with E-state index in [1.807, 2.05) is 53.2 Å². The number of carbonyl (C=O) groups excluding carboxylic acids is 1. The van der Waals surface area contributed by atoms with Gasteiger partial charge in [-0.2, -0.15) is 5.26 Å². The normalized spacial score (nSPS) is 11.3. The molecular formula is C18H18N4O. The number of imidazole rings is 1. The van der Waals surface area contributed by atoms with Crippen LogP contribution in [-0.2, 0) is 11.3 Å². The standard InChI is InChI=1S/C18H18N4O/c19-14-17(9-4-8-16-6-2-1-3-7-16)18(23)21-10-5-12-22-13-11-20-15-22/h1-4,6-9,11,13,15H,5,10,12H2,(H,21,23). The summed E-state index contributed by atoms with van der Waals surface area (Å²) in [6, 6.07) is 11.6. The summed E-state index contributed by atoms with van der Waals surface area (Å²) in [5, 5.41) is 11.8. The van der Waals surface area contributed by atoms with Crippen molar-refractivity contribution < 1.29 is 4.79 Å². The third-order valence-electron chi connectivity index (χ3n) is 3.15. The van der Waals surface area contributed by atoms with E-state index in [0.29, 0.717) is 6.54 Å². The van der Waals surface area contributed by atoms with Gasteiger partial charge in [0.25, 0.3) is 5.91 Å². The lowest BCUT2D eigenvalue weighted by atomic mass is 10.2. The van der Waals surface area contributed by atoms with Crippen LogP contribution < -0.4 is 5.32 Å². The summed E-state index contributed by atoms with van der Waals surface area (Å²) in [6.45, 7) is 1.29. The Balaban J connectivity index is 1.80. The quantitative estimate of drug-likeness (QED) is 0.370. The van der Waals surface area contributed by atoms with Crippen molar-refractivity contribution in [3.05, 3.63) is 72.3 Å². The summed E-state index contributed by atoms with van der Waals surface area (Å²) < 4.78 is 1.94. The predicted molar refractivity (Wildman–Crippen MR) is 89.0 cm³/mol. The van der Waals surface area contributed by atoms with Gasteiger partial charge < -0.3 is 9.88 Å². The Hall–Kier alpha value is -3.13. The molecule has 0 fully saturated rings. The molecular weight excluding hydrogens is 288 g/mol. The number of rotatable bonds is 7. The Labute approximate surface area is 135 Å². The van der Waals surface area contributed by atoms with Crippen molar-refractivity contribution in [1.29, 1.82) is 5.26 Å². The molecule has 0 spiro atoms. The number of benzene rings is 1. The minimum absolute atomic E-state index is 0.0970. The molecule has 0 atom stereocenters. The van der Waals surface area contributed by atoms with Gasteiger partial charge in [0.05, 0.1) is 6.33 Å². The molecule has 2 aromatic rings. The van der Waals surface area contributed by atoms with Gasteiger partial charge in [-0.1, -0.05) is 42.5 Å². The van der Waals surface area contributed by atoms with Crippen molar-refractivity contribution in [2.75, 3.05) is 6.54 Å². The zero-order valence-electron chi connectivity index (χ0n) is 12.7. The second-order valence-corrected chi connectivity index (χ2v) is 4.87. The van der Waals surface area contributed by atoms with Crippen LogP contribution in [0.5, 0.6) is 0 Å². The van der Waals surface area contributed by atoms with Gasteiger partial charge in [-0.05, 0) is 18.1 Å². The Morgan fingerprint density at radius 3 is 2.87 bits per heavy atom. The molecule has 1 aromatic carbocycles. The molecule has 0 aliphatic carbocycles. The molecule has 2 rings (SSSR count). The van der Waals surface area contributed by atoms with Gasteiger partial charge in [-0.3, -0.25) is 4.79 Å². The van der Waals surface area contributed by atoms with Gasteiger partial charge in [-0.25, -0.2) is 4.98 Å². The van der Waals surface area contributed by atoms with Crippen LogP contribution in [0.25, 0.3) is 6.08 Å². The first-order chi connectivity index (χ1) is 11.3. The molecule has 5 heteroatoms. The average molecular weight is 306 g/mol. The average Bonchev–Trinajstić information content (AvgIpc) is 3.10. The van der Waals surface area contributed by atoms with Crippen LogP contribution in [0.4, 0.5) is 0 Å². The third kappa shape index (κ3) is 5.64. The van der Waals surface area contributed by atoms with Crippen molar-refractivity contribution in [2.24, 2.45) is 0 Å². The summed E-state index contributed by atoms with van der Waals surface area (Å²) in [6.07, 6.45) is 11.2. The molecule has 1 amide bonds. The van der Waals surface area contributed by atoms with E-state index in [2.05, 4.69) is 10.3 Å². The summed E-state index contributed by atoms with van der Waals surface area (Å²) in [4.78, 5) is 15.9. The van der Waals surface area contributed by atoms with E-state index in [9.17, 15) is 4.79 Å². The van der Waals surface area contributed by atoms with Gasteiger partial charge in [0.15, 0.2) is 0 Å². The molecule has 1 aromatic heterocycles. The molecule has 0 saturated heterocycles. The fourth-order valence-corrected chi connectivity index (χ4v) is 1.96. The van der Waals surface area contributed by atoms with E-state index in [1.165, 1.54) is 6.08 Å². The predicted octanol–water partition coefficient (Wildman–Crippen LogP) is 2.55. The summed E-state index contributed by atoms with van der Waals surface area (Å²) in [5.41, 5.74) is 1.11.